The molecule has 0 spiro atoms. The summed E-state index contributed by atoms with van der Waals surface area (Å²) in [5.41, 5.74) is 2.40. The van der Waals surface area contributed by atoms with E-state index in [0.29, 0.717) is 11.7 Å². The summed E-state index contributed by atoms with van der Waals surface area (Å²) in [6, 6.07) is 22.9. The van der Waals surface area contributed by atoms with Crippen molar-refractivity contribution in [2.75, 3.05) is 7.11 Å². The summed E-state index contributed by atoms with van der Waals surface area (Å²) in [7, 11) is 1.67. The lowest BCUT2D eigenvalue weighted by Crippen LogP contribution is -2.36. The van der Waals surface area contributed by atoms with E-state index in [1.165, 1.54) is 16.3 Å². The van der Waals surface area contributed by atoms with Gasteiger partial charge in [-0.3, -0.25) is 0 Å². The zero-order valence-corrected chi connectivity index (χ0v) is 15.3. The molecule has 128 valence electrons. The van der Waals surface area contributed by atoms with Crippen LogP contribution in [0.3, 0.4) is 0 Å². The van der Waals surface area contributed by atoms with Gasteiger partial charge >= 0.3 is 0 Å². The zero-order chi connectivity index (χ0) is 17.6. The van der Waals surface area contributed by atoms with Gasteiger partial charge in [-0.2, -0.15) is 0 Å². The lowest BCUT2D eigenvalue weighted by Gasteiger charge is -2.19. The van der Waals surface area contributed by atoms with Crippen LogP contribution in [0.5, 0.6) is 5.75 Å². The molecule has 4 heteroatoms. The highest BCUT2D eigenvalue weighted by molar-refractivity contribution is 7.80. The molecule has 0 radical (unpaired) electrons. The Labute approximate surface area is 154 Å². The van der Waals surface area contributed by atoms with Gasteiger partial charge in [0, 0.05) is 6.54 Å². The molecule has 0 aliphatic rings. The second kappa shape index (κ2) is 7.99. The molecule has 0 saturated heterocycles. The van der Waals surface area contributed by atoms with Crippen LogP contribution in [0.15, 0.2) is 66.7 Å². The third kappa shape index (κ3) is 4.28. The van der Waals surface area contributed by atoms with Gasteiger partial charge < -0.3 is 15.4 Å². The maximum absolute atomic E-state index is 5.45. The van der Waals surface area contributed by atoms with Crippen molar-refractivity contribution < 1.29 is 4.74 Å². The number of ether oxygens (including phenoxy) is 1. The van der Waals surface area contributed by atoms with E-state index in [-0.39, 0.29) is 6.04 Å². The highest BCUT2D eigenvalue weighted by Gasteiger charge is 2.10. The fraction of sp³-hybridized carbons (Fsp3) is 0.190. The van der Waals surface area contributed by atoms with Gasteiger partial charge in [0.25, 0.3) is 0 Å². The number of fused-ring (bicyclic) bond motifs is 1. The zero-order valence-electron chi connectivity index (χ0n) is 14.5. The Balaban J connectivity index is 1.61. The average molecular weight is 350 g/mol. The molecule has 3 nitrogen and oxygen atoms in total. The monoisotopic (exact) mass is 350 g/mol. The minimum absolute atomic E-state index is 0.127. The molecule has 25 heavy (non-hydrogen) atoms. The van der Waals surface area contributed by atoms with Crippen LogP contribution in [-0.4, -0.2) is 12.2 Å². The molecule has 0 aliphatic carbocycles. The van der Waals surface area contributed by atoms with Crippen molar-refractivity contribution in [3.63, 3.8) is 0 Å². The summed E-state index contributed by atoms with van der Waals surface area (Å²) in [6.45, 7) is 2.81. The fourth-order valence-electron chi connectivity index (χ4n) is 2.88. The Hall–Kier alpha value is -2.59. The van der Waals surface area contributed by atoms with Crippen LogP contribution < -0.4 is 15.4 Å². The first-order valence-electron chi connectivity index (χ1n) is 8.32. The van der Waals surface area contributed by atoms with Crippen molar-refractivity contribution in [2.24, 2.45) is 0 Å². The van der Waals surface area contributed by atoms with Gasteiger partial charge in [0.05, 0.1) is 13.2 Å². The quantitative estimate of drug-likeness (QED) is 0.660. The van der Waals surface area contributed by atoms with Gasteiger partial charge in [-0.25, -0.2) is 0 Å². The number of rotatable bonds is 5. The normalized spacial score (nSPS) is 11.8. The van der Waals surface area contributed by atoms with E-state index in [4.69, 9.17) is 17.0 Å². The van der Waals surface area contributed by atoms with Crippen molar-refractivity contribution >= 4 is 28.1 Å². The van der Waals surface area contributed by atoms with Crippen molar-refractivity contribution in [2.45, 2.75) is 19.5 Å². The van der Waals surface area contributed by atoms with Gasteiger partial charge in [0.15, 0.2) is 5.11 Å². The predicted molar refractivity (Wildman–Crippen MR) is 108 cm³/mol. The largest absolute Gasteiger partial charge is 0.497 e. The molecule has 3 aromatic rings. The molecule has 3 rings (SSSR count). The SMILES string of the molecule is COc1ccc(CNC(=S)N[C@@H](C)c2cccc3ccccc23)cc1. The number of nitrogens with one attached hydrogen (secondary N) is 2. The molecule has 2 N–H and O–H groups in total. The Kier molecular flexibility index (Phi) is 5.51. The van der Waals surface area contributed by atoms with E-state index in [1.807, 2.05) is 24.3 Å². The predicted octanol–water partition coefficient (Wildman–Crippen LogP) is 4.57. The summed E-state index contributed by atoms with van der Waals surface area (Å²) >= 11 is 5.45. The molecular weight excluding hydrogens is 328 g/mol. The summed E-state index contributed by atoms with van der Waals surface area (Å²) in [5.74, 6) is 0.856. The van der Waals surface area contributed by atoms with E-state index in [0.717, 1.165) is 11.3 Å². The van der Waals surface area contributed by atoms with Crippen molar-refractivity contribution in [1.29, 1.82) is 0 Å². The minimum atomic E-state index is 0.127. The Morgan fingerprint density at radius 1 is 1.00 bits per heavy atom. The summed E-state index contributed by atoms with van der Waals surface area (Å²) in [6.07, 6.45) is 0. The molecule has 0 saturated carbocycles. The van der Waals surface area contributed by atoms with E-state index in [1.54, 1.807) is 7.11 Å². The number of thiocarbonyl (C=S) groups is 1. The van der Waals surface area contributed by atoms with Crippen LogP contribution in [-0.2, 0) is 6.54 Å². The molecule has 0 aromatic heterocycles. The van der Waals surface area contributed by atoms with Crippen LogP contribution in [0, 0.1) is 0 Å². The van der Waals surface area contributed by atoms with Gasteiger partial charge in [-0.05, 0) is 53.2 Å². The molecular formula is C21H22N2OS. The first kappa shape index (κ1) is 17.2. The molecule has 3 aromatic carbocycles. The van der Waals surface area contributed by atoms with Gasteiger partial charge in [0.1, 0.15) is 5.75 Å². The Morgan fingerprint density at radius 3 is 2.48 bits per heavy atom. The first-order valence-corrected chi connectivity index (χ1v) is 8.73. The minimum Gasteiger partial charge on any atom is -0.497 e. The lowest BCUT2D eigenvalue weighted by atomic mass is 10.00. The molecule has 0 amide bonds. The van der Waals surface area contributed by atoms with Crippen LogP contribution in [0.1, 0.15) is 24.1 Å². The topological polar surface area (TPSA) is 33.3 Å². The lowest BCUT2D eigenvalue weighted by molar-refractivity contribution is 0.414. The third-order valence-electron chi connectivity index (χ3n) is 4.25. The van der Waals surface area contributed by atoms with E-state index < -0.39 is 0 Å². The summed E-state index contributed by atoms with van der Waals surface area (Å²) < 4.78 is 5.17. The Morgan fingerprint density at radius 2 is 1.72 bits per heavy atom. The van der Waals surface area contributed by atoms with Gasteiger partial charge in [-0.1, -0.05) is 54.6 Å². The van der Waals surface area contributed by atoms with Gasteiger partial charge in [0.2, 0.25) is 0 Å². The second-order valence-corrected chi connectivity index (χ2v) is 6.37. The number of hydrogen-bond acceptors (Lipinski definition) is 2. The van der Waals surface area contributed by atoms with Crippen molar-refractivity contribution in [1.82, 2.24) is 10.6 Å². The number of hydrogen-bond donors (Lipinski definition) is 2. The number of methoxy groups -OCH3 is 1. The van der Waals surface area contributed by atoms with E-state index in [2.05, 4.69) is 60.0 Å². The second-order valence-electron chi connectivity index (χ2n) is 5.97. The third-order valence-corrected chi connectivity index (χ3v) is 4.51. The summed E-state index contributed by atoms with van der Waals surface area (Å²) in [5, 5.41) is 9.78. The molecule has 0 fully saturated rings. The number of benzene rings is 3. The standard InChI is InChI=1S/C21H22N2OS/c1-15(19-9-5-7-17-6-3-4-8-20(17)19)23-21(25)22-14-16-10-12-18(24-2)13-11-16/h3-13,15H,14H2,1-2H3,(H2,22,23,25)/t15-/m0/s1. The van der Waals surface area contributed by atoms with Crippen molar-refractivity contribution in [3.05, 3.63) is 77.9 Å². The molecule has 0 aliphatic heterocycles. The van der Waals surface area contributed by atoms with Crippen molar-refractivity contribution in [3.8, 4) is 5.75 Å². The maximum Gasteiger partial charge on any atom is 0.167 e. The maximum atomic E-state index is 5.45. The molecule has 0 bridgehead atoms. The molecule has 0 unspecified atom stereocenters. The smallest absolute Gasteiger partial charge is 0.167 e. The average Bonchev–Trinajstić information content (AvgIpc) is 2.66. The van der Waals surface area contributed by atoms with Crippen LogP contribution in [0.4, 0.5) is 0 Å². The Bertz CT molecular complexity index is 856. The van der Waals surface area contributed by atoms with E-state index >= 15 is 0 Å². The highest BCUT2D eigenvalue weighted by atomic mass is 32.1. The van der Waals surface area contributed by atoms with E-state index in [9.17, 15) is 0 Å². The summed E-state index contributed by atoms with van der Waals surface area (Å²) in [4.78, 5) is 0. The van der Waals surface area contributed by atoms with Gasteiger partial charge in [-0.15, -0.1) is 0 Å². The van der Waals surface area contributed by atoms with Crippen LogP contribution in [0.25, 0.3) is 10.8 Å². The fourth-order valence-corrected chi connectivity index (χ4v) is 3.13. The first-order chi connectivity index (χ1) is 12.2. The van der Waals surface area contributed by atoms with Crippen LogP contribution >= 0.6 is 12.2 Å². The highest BCUT2D eigenvalue weighted by Crippen LogP contribution is 2.23. The van der Waals surface area contributed by atoms with Crippen LogP contribution in [0.2, 0.25) is 0 Å². The molecule has 1 atom stereocenters. The molecule has 0 heterocycles.